The number of nitrogens with zero attached hydrogens (tertiary/aromatic N) is 1. The number of benzene rings is 1. The molecule has 1 aromatic rings. The van der Waals surface area contributed by atoms with Gasteiger partial charge in [-0.25, -0.2) is 8.78 Å². The highest BCUT2D eigenvalue weighted by atomic mass is 19.1. The largest absolute Gasteiger partial charge is 0.342 e. The number of hydrogen-bond donors (Lipinski definition) is 1. The van der Waals surface area contributed by atoms with Crippen molar-refractivity contribution in [1.29, 1.82) is 0 Å². The van der Waals surface area contributed by atoms with Gasteiger partial charge in [-0.2, -0.15) is 0 Å². The lowest BCUT2D eigenvalue weighted by Gasteiger charge is -2.33. The van der Waals surface area contributed by atoms with Gasteiger partial charge in [0.2, 0.25) is 11.8 Å². The molecule has 1 aliphatic heterocycles. The minimum atomic E-state index is -1.15. The second-order valence-electron chi connectivity index (χ2n) is 6.63. The second-order valence-corrected chi connectivity index (χ2v) is 6.63. The van der Waals surface area contributed by atoms with Gasteiger partial charge in [0, 0.05) is 13.1 Å². The van der Waals surface area contributed by atoms with Crippen LogP contribution in [0.5, 0.6) is 0 Å². The van der Waals surface area contributed by atoms with Gasteiger partial charge in [-0.3, -0.25) is 9.59 Å². The number of hydrogen-bond acceptors (Lipinski definition) is 2. The quantitative estimate of drug-likeness (QED) is 0.870. The highest BCUT2D eigenvalue weighted by Crippen LogP contribution is 2.48. The summed E-state index contributed by atoms with van der Waals surface area (Å²) >= 11 is 0. The summed E-state index contributed by atoms with van der Waals surface area (Å²) in [6.45, 7) is 3.36. The average Bonchev–Trinajstić information content (AvgIpc) is 3.32. The van der Waals surface area contributed by atoms with E-state index in [0.717, 1.165) is 25.0 Å². The van der Waals surface area contributed by atoms with Crippen LogP contribution < -0.4 is 5.32 Å². The van der Waals surface area contributed by atoms with Crippen LogP contribution in [-0.4, -0.2) is 29.8 Å². The van der Waals surface area contributed by atoms with E-state index >= 15 is 0 Å². The maximum absolute atomic E-state index is 13.7. The van der Waals surface area contributed by atoms with Crippen LogP contribution >= 0.6 is 0 Å². The van der Waals surface area contributed by atoms with Crippen LogP contribution in [0.2, 0.25) is 0 Å². The number of para-hydroxylation sites is 1. The SMILES string of the molecule is CC1CCCN(C(=O)C2(C(=O)Nc3c(F)cccc3F)CC2)C1. The number of halogens is 2. The molecule has 1 aromatic carbocycles. The predicted molar refractivity (Wildman–Crippen MR) is 81.6 cm³/mol. The minimum Gasteiger partial charge on any atom is -0.342 e. The molecular weight excluding hydrogens is 302 g/mol. The van der Waals surface area contributed by atoms with E-state index in [1.807, 2.05) is 0 Å². The molecule has 6 heteroatoms. The highest BCUT2D eigenvalue weighted by Gasteiger charge is 2.58. The smallest absolute Gasteiger partial charge is 0.240 e. The fourth-order valence-corrected chi connectivity index (χ4v) is 3.19. The zero-order chi connectivity index (χ0) is 16.6. The van der Waals surface area contributed by atoms with Crippen LogP contribution in [0, 0.1) is 23.0 Å². The summed E-state index contributed by atoms with van der Waals surface area (Å²) in [4.78, 5) is 26.9. The fraction of sp³-hybridized carbons (Fsp3) is 0.529. The number of piperidine rings is 1. The Kier molecular flexibility index (Phi) is 4.08. The van der Waals surface area contributed by atoms with Gasteiger partial charge >= 0.3 is 0 Å². The van der Waals surface area contributed by atoms with Crippen molar-refractivity contribution in [1.82, 2.24) is 4.90 Å². The molecule has 2 aliphatic rings. The molecule has 23 heavy (non-hydrogen) atoms. The van der Waals surface area contributed by atoms with Crippen molar-refractivity contribution in [2.24, 2.45) is 11.3 Å². The number of carbonyl (C=O) groups is 2. The molecule has 3 rings (SSSR count). The van der Waals surface area contributed by atoms with Gasteiger partial charge in [-0.05, 0) is 43.7 Å². The van der Waals surface area contributed by atoms with E-state index in [4.69, 9.17) is 0 Å². The molecule has 124 valence electrons. The van der Waals surface area contributed by atoms with Gasteiger partial charge in [-0.1, -0.05) is 13.0 Å². The van der Waals surface area contributed by atoms with Crippen LogP contribution in [0.15, 0.2) is 18.2 Å². The molecule has 0 radical (unpaired) electrons. The Morgan fingerprint density at radius 1 is 1.26 bits per heavy atom. The van der Waals surface area contributed by atoms with E-state index in [1.54, 1.807) is 4.90 Å². The number of amides is 2. The molecule has 4 nitrogen and oxygen atoms in total. The molecule has 1 N–H and O–H groups in total. The van der Waals surface area contributed by atoms with Gasteiger partial charge in [0.25, 0.3) is 0 Å². The van der Waals surface area contributed by atoms with Crippen LogP contribution in [0.3, 0.4) is 0 Å². The normalized spacial score (nSPS) is 22.6. The van der Waals surface area contributed by atoms with Crippen molar-refractivity contribution in [3.05, 3.63) is 29.8 Å². The van der Waals surface area contributed by atoms with Crippen molar-refractivity contribution in [2.45, 2.75) is 32.6 Å². The fourth-order valence-electron chi connectivity index (χ4n) is 3.19. The first-order valence-electron chi connectivity index (χ1n) is 7.99. The van der Waals surface area contributed by atoms with Gasteiger partial charge < -0.3 is 10.2 Å². The summed E-state index contributed by atoms with van der Waals surface area (Å²) in [6.07, 6.45) is 2.85. The maximum Gasteiger partial charge on any atom is 0.240 e. The third-order valence-corrected chi connectivity index (χ3v) is 4.74. The Balaban J connectivity index is 1.75. The minimum absolute atomic E-state index is 0.210. The van der Waals surface area contributed by atoms with Crippen molar-refractivity contribution >= 4 is 17.5 Å². The highest BCUT2D eigenvalue weighted by molar-refractivity contribution is 6.13. The van der Waals surface area contributed by atoms with Crippen LogP contribution in [0.1, 0.15) is 32.6 Å². The summed E-state index contributed by atoms with van der Waals surface area (Å²) in [7, 11) is 0. The first-order valence-corrected chi connectivity index (χ1v) is 7.99. The van der Waals surface area contributed by atoms with Gasteiger partial charge in [-0.15, -0.1) is 0 Å². The summed E-state index contributed by atoms with van der Waals surface area (Å²) in [6, 6.07) is 3.38. The molecule has 0 spiro atoms. The lowest BCUT2D eigenvalue weighted by atomic mass is 9.96. The molecule has 0 aromatic heterocycles. The van der Waals surface area contributed by atoms with Crippen molar-refractivity contribution in [3.8, 4) is 0 Å². The van der Waals surface area contributed by atoms with Gasteiger partial charge in [0.1, 0.15) is 22.7 Å². The molecule has 1 heterocycles. The predicted octanol–water partition coefficient (Wildman–Crippen LogP) is 2.94. The third-order valence-electron chi connectivity index (χ3n) is 4.74. The maximum atomic E-state index is 13.7. The third kappa shape index (κ3) is 2.94. The Morgan fingerprint density at radius 3 is 2.48 bits per heavy atom. The number of anilines is 1. The summed E-state index contributed by atoms with van der Waals surface area (Å²) in [5, 5.41) is 2.28. The van der Waals surface area contributed by atoms with Crippen LogP contribution in [0.25, 0.3) is 0 Å². The molecule has 1 aliphatic carbocycles. The lowest BCUT2D eigenvalue weighted by molar-refractivity contribution is -0.143. The number of likely N-dealkylation sites (tertiary alicyclic amines) is 1. The number of nitrogens with one attached hydrogen (secondary N) is 1. The van der Waals surface area contributed by atoms with Crippen LogP contribution in [0.4, 0.5) is 14.5 Å². The summed E-state index contributed by atoms with van der Waals surface area (Å²) in [5.74, 6) is -2.08. The first kappa shape index (κ1) is 15.9. The Labute approximate surface area is 133 Å². The summed E-state index contributed by atoms with van der Waals surface area (Å²) in [5.41, 5.74) is -1.63. The Hall–Kier alpha value is -1.98. The van der Waals surface area contributed by atoms with Gasteiger partial charge in [0.05, 0.1) is 0 Å². The van der Waals surface area contributed by atoms with Crippen LogP contribution in [-0.2, 0) is 9.59 Å². The molecule has 0 bridgehead atoms. The number of carbonyl (C=O) groups excluding carboxylic acids is 2. The van der Waals surface area contributed by atoms with Gasteiger partial charge in [0.15, 0.2) is 0 Å². The van der Waals surface area contributed by atoms with Crippen molar-refractivity contribution < 1.29 is 18.4 Å². The molecule has 2 fully saturated rings. The summed E-state index contributed by atoms with van der Waals surface area (Å²) < 4.78 is 27.4. The second kappa shape index (κ2) is 5.91. The zero-order valence-electron chi connectivity index (χ0n) is 13.1. The lowest BCUT2D eigenvalue weighted by Crippen LogP contribution is -2.47. The van der Waals surface area contributed by atoms with Crippen molar-refractivity contribution in [2.75, 3.05) is 18.4 Å². The molecular formula is C17H20F2N2O2. The first-order chi connectivity index (χ1) is 10.9. The zero-order valence-corrected chi connectivity index (χ0v) is 13.1. The average molecular weight is 322 g/mol. The van der Waals surface area contributed by atoms with E-state index in [0.29, 0.717) is 31.8 Å². The van der Waals surface area contributed by atoms with Crippen molar-refractivity contribution in [3.63, 3.8) is 0 Å². The molecule has 1 saturated heterocycles. The standard InChI is InChI=1S/C17H20F2N2O2/c1-11-4-3-9-21(10-11)16(23)17(7-8-17)15(22)20-14-12(18)5-2-6-13(14)19/h2,5-6,11H,3-4,7-10H2,1H3,(H,20,22). The molecule has 2 amide bonds. The van der Waals surface area contributed by atoms with E-state index in [1.165, 1.54) is 6.07 Å². The molecule has 1 unspecified atom stereocenters. The van der Waals surface area contributed by atoms with E-state index in [-0.39, 0.29) is 5.91 Å². The monoisotopic (exact) mass is 322 g/mol. The van der Waals surface area contributed by atoms with E-state index in [9.17, 15) is 18.4 Å². The Bertz CT molecular complexity index is 623. The molecule has 1 saturated carbocycles. The van der Waals surface area contributed by atoms with E-state index in [2.05, 4.69) is 12.2 Å². The Morgan fingerprint density at radius 2 is 1.91 bits per heavy atom. The topological polar surface area (TPSA) is 49.4 Å². The van der Waals surface area contributed by atoms with E-state index < -0.39 is 28.6 Å². The molecule has 1 atom stereocenters. The number of rotatable bonds is 3.